The van der Waals surface area contributed by atoms with Crippen LogP contribution in [0.3, 0.4) is 0 Å². The molecule has 12 aromatic rings. The quantitative estimate of drug-likeness (QED) is 0.142. The Hall–Kier alpha value is -8.61. The number of allylic oxidation sites excluding steroid dienone is 2. The highest BCUT2D eigenvalue weighted by Crippen LogP contribution is 2.45. The van der Waals surface area contributed by atoms with Gasteiger partial charge in [0.25, 0.3) is 0 Å². The Bertz CT molecular complexity index is 4020. The number of nitrogens with zero attached hydrogens (tertiary/aromatic N) is 4. The van der Waals surface area contributed by atoms with E-state index in [0.29, 0.717) is 17.5 Å². The lowest BCUT2D eigenvalue weighted by molar-refractivity contribution is 0.521. The van der Waals surface area contributed by atoms with E-state index in [-0.39, 0.29) is 10.8 Å². The minimum absolute atomic E-state index is 0.0525. The Morgan fingerprint density at radius 1 is 0.493 bits per heavy atom. The molecule has 0 atom stereocenters. The molecule has 0 radical (unpaired) electrons. The van der Waals surface area contributed by atoms with Gasteiger partial charge in [-0.25, -0.2) is 15.0 Å². The molecule has 0 aliphatic rings. The summed E-state index contributed by atoms with van der Waals surface area (Å²) in [5.41, 5.74) is 15.3. The number of para-hydroxylation sites is 3. The fraction of sp³-hybridized carbons (Fsp3) is 0.123. The van der Waals surface area contributed by atoms with Gasteiger partial charge in [0, 0.05) is 60.9 Å². The standard InChI is InChI=1S/C65H52N4O2/c1-8-44(64(2,3)4)35-43-39-69(54-34-33-45(38-51(43)54)65(5,6)7)59-52(40-21-11-9-12-22-40)36-42(37-53(59)41-23-13-10-14-24-41)61-66-62(49-28-20-32-57-58(49)48-26-16-18-31-56(48)70-57)68-63(67-61)50-29-19-27-47-46-25-15-17-30-55(46)71-60(47)50/h8-39H,1H2,2-7H3/b44-35+. The van der Waals surface area contributed by atoms with E-state index in [2.05, 4.69) is 186 Å². The molecule has 71 heavy (non-hydrogen) atoms. The Balaban J connectivity index is 1.18. The van der Waals surface area contributed by atoms with Gasteiger partial charge in [-0.3, -0.25) is 0 Å². The maximum Gasteiger partial charge on any atom is 0.167 e. The van der Waals surface area contributed by atoms with Crippen molar-refractivity contribution < 1.29 is 8.83 Å². The van der Waals surface area contributed by atoms with Gasteiger partial charge in [-0.15, -0.1) is 0 Å². The minimum Gasteiger partial charge on any atom is -0.456 e. The molecule has 0 fully saturated rings. The van der Waals surface area contributed by atoms with Crippen molar-refractivity contribution in [1.29, 1.82) is 0 Å². The Labute approximate surface area is 413 Å². The number of aromatic nitrogens is 4. The Morgan fingerprint density at radius 2 is 1.06 bits per heavy atom. The van der Waals surface area contributed by atoms with Gasteiger partial charge >= 0.3 is 0 Å². The van der Waals surface area contributed by atoms with Crippen molar-refractivity contribution >= 4 is 60.9 Å². The van der Waals surface area contributed by atoms with Gasteiger partial charge < -0.3 is 13.4 Å². The zero-order valence-electron chi connectivity index (χ0n) is 40.8. The van der Waals surface area contributed by atoms with Gasteiger partial charge in [0.05, 0.1) is 16.8 Å². The van der Waals surface area contributed by atoms with Crippen molar-refractivity contribution in [1.82, 2.24) is 19.5 Å². The monoisotopic (exact) mass is 920 g/mol. The number of benzene rings is 8. The first-order chi connectivity index (χ1) is 34.4. The SMILES string of the molecule is C=C/C(=C\c1cn(-c2c(-c3ccccc3)cc(-c3nc(-c4cccc5c4oc4ccccc45)nc(-c4cccc5oc6ccccc6c45)n3)cc2-c2ccccc2)c2ccc(C(C)(C)C)cc12)C(C)(C)C. The van der Waals surface area contributed by atoms with Crippen LogP contribution in [0.1, 0.15) is 52.7 Å². The van der Waals surface area contributed by atoms with Crippen molar-refractivity contribution in [3.63, 3.8) is 0 Å². The molecule has 0 aliphatic heterocycles. The van der Waals surface area contributed by atoms with Crippen molar-refractivity contribution in [3.05, 3.63) is 211 Å². The molecular weight excluding hydrogens is 869 g/mol. The van der Waals surface area contributed by atoms with Crippen LogP contribution in [0.25, 0.3) is 123 Å². The molecule has 0 amide bonds. The van der Waals surface area contributed by atoms with Crippen LogP contribution in [0.5, 0.6) is 0 Å². The number of hydrogen-bond donors (Lipinski definition) is 0. The second-order valence-corrected chi connectivity index (χ2v) is 20.5. The summed E-state index contributed by atoms with van der Waals surface area (Å²) in [6, 6.07) is 61.3. The second-order valence-electron chi connectivity index (χ2n) is 20.5. The highest BCUT2D eigenvalue weighted by atomic mass is 16.3. The second kappa shape index (κ2) is 16.8. The summed E-state index contributed by atoms with van der Waals surface area (Å²) in [5.74, 6) is 1.56. The Kier molecular flexibility index (Phi) is 10.3. The third-order valence-corrected chi connectivity index (χ3v) is 13.8. The first-order valence-electron chi connectivity index (χ1n) is 24.3. The highest BCUT2D eigenvalue weighted by molar-refractivity contribution is 6.12. The molecule has 4 heterocycles. The van der Waals surface area contributed by atoms with Crippen LogP contribution in [0.2, 0.25) is 0 Å². The molecule has 0 spiro atoms. The molecule has 0 bridgehead atoms. The zero-order chi connectivity index (χ0) is 48.6. The molecular formula is C65H52N4O2. The van der Waals surface area contributed by atoms with Crippen LogP contribution < -0.4 is 0 Å². The van der Waals surface area contributed by atoms with Crippen LogP contribution >= 0.6 is 0 Å². The molecule has 6 nitrogen and oxygen atoms in total. The largest absolute Gasteiger partial charge is 0.456 e. The third-order valence-electron chi connectivity index (χ3n) is 13.8. The van der Waals surface area contributed by atoms with Crippen LogP contribution in [-0.2, 0) is 5.41 Å². The molecule has 4 aromatic heterocycles. The molecule has 0 saturated carbocycles. The van der Waals surface area contributed by atoms with Gasteiger partial charge in [-0.05, 0) is 87.7 Å². The minimum atomic E-state index is -0.113. The van der Waals surface area contributed by atoms with E-state index in [4.69, 9.17) is 23.8 Å². The number of hydrogen-bond acceptors (Lipinski definition) is 5. The maximum atomic E-state index is 6.65. The van der Waals surface area contributed by atoms with Gasteiger partial charge in [0.1, 0.15) is 22.3 Å². The molecule has 344 valence electrons. The molecule has 6 heteroatoms. The summed E-state index contributed by atoms with van der Waals surface area (Å²) in [7, 11) is 0. The van der Waals surface area contributed by atoms with E-state index in [1.54, 1.807) is 0 Å². The number of furan rings is 2. The normalized spacial score (nSPS) is 12.5. The zero-order valence-corrected chi connectivity index (χ0v) is 40.8. The smallest absolute Gasteiger partial charge is 0.167 e. The van der Waals surface area contributed by atoms with Crippen LogP contribution in [0, 0.1) is 5.41 Å². The van der Waals surface area contributed by atoms with Gasteiger partial charge in [-0.1, -0.05) is 182 Å². The predicted octanol–water partition coefficient (Wildman–Crippen LogP) is 17.9. The van der Waals surface area contributed by atoms with Gasteiger partial charge in [0.2, 0.25) is 0 Å². The van der Waals surface area contributed by atoms with Crippen molar-refractivity contribution in [2.24, 2.45) is 5.41 Å². The summed E-state index contributed by atoms with van der Waals surface area (Å²) in [5, 5.41) is 5.15. The van der Waals surface area contributed by atoms with Gasteiger partial charge in [0.15, 0.2) is 17.5 Å². The fourth-order valence-corrected chi connectivity index (χ4v) is 10.1. The average molecular weight is 921 g/mol. The third kappa shape index (κ3) is 7.64. The summed E-state index contributed by atoms with van der Waals surface area (Å²) >= 11 is 0. The molecule has 0 saturated heterocycles. The van der Waals surface area contributed by atoms with Crippen LogP contribution in [0.4, 0.5) is 0 Å². The summed E-state index contributed by atoms with van der Waals surface area (Å²) in [6.45, 7) is 17.8. The van der Waals surface area contributed by atoms with Crippen LogP contribution in [0.15, 0.2) is 209 Å². The van der Waals surface area contributed by atoms with E-state index in [9.17, 15) is 0 Å². The Morgan fingerprint density at radius 3 is 1.72 bits per heavy atom. The molecule has 0 N–H and O–H groups in total. The summed E-state index contributed by atoms with van der Waals surface area (Å²) < 4.78 is 15.5. The predicted molar refractivity (Wildman–Crippen MR) is 295 cm³/mol. The summed E-state index contributed by atoms with van der Waals surface area (Å²) in [4.78, 5) is 16.3. The molecule has 0 aliphatic carbocycles. The van der Waals surface area contributed by atoms with E-state index in [0.717, 1.165) is 99.6 Å². The number of fused-ring (bicyclic) bond motifs is 7. The lowest BCUT2D eigenvalue weighted by atomic mass is 9.84. The maximum absolute atomic E-state index is 6.65. The molecule has 0 unspecified atom stereocenters. The average Bonchev–Trinajstić information content (AvgIpc) is 4.08. The first-order valence-corrected chi connectivity index (χ1v) is 24.3. The molecule has 12 rings (SSSR count). The van der Waals surface area contributed by atoms with E-state index < -0.39 is 0 Å². The van der Waals surface area contributed by atoms with Crippen molar-refractivity contribution in [2.45, 2.75) is 47.0 Å². The van der Waals surface area contributed by atoms with Crippen molar-refractivity contribution in [3.8, 4) is 62.1 Å². The van der Waals surface area contributed by atoms with E-state index >= 15 is 0 Å². The number of rotatable bonds is 8. The van der Waals surface area contributed by atoms with E-state index in [1.165, 1.54) is 16.5 Å². The van der Waals surface area contributed by atoms with Crippen LogP contribution in [-0.4, -0.2) is 19.5 Å². The lowest BCUT2D eigenvalue weighted by Gasteiger charge is -2.21. The first kappa shape index (κ1) is 43.7. The topological polar surface area (TPSA) is 69.9 Å². The van der Waals surface area contributed by atoms with Crippen molar-refractivity contribution in [2.75, 3.05) is 0 Å². The molecule has 8 aromatic carbocycles. The summed E-state index contributed by atoms with van der Waals surface area (Å²) in [6.07, 6.45) is 6.62. The lowest BCUT2D eigenvalue weighted by Crippen LogP contribution is -2.10. The van der Waals surface area contributed by atoms with E-state index in [1.807, 2.05) is 60.7 Å². The fourth-order valence-electron chi connectivity index (χ4n) is 10.1. The van der Waals surface area contributed by atoms with Gasteiger partial charge in [-0.2, -0.15) is 0 Å². The highest BCUT2D eigenvalue weighted by Gasteiger charge is 2.26.